The average Bonchev–Trinajstić information content (AvgIpc) is 2.35. The number of rotatable bonds is 4. The average molecular weight is 354 g/mol. The Balaban J connectivity index is 2.11. The van der Waals surface area contributed by atoms with E-state index in [1.54, 1.807) is 5.70 Å². The summed E-state index contributed by atoms with van der Waals surface area (Å²) in [6.07, 6.45) is 0.770. The highest BCUT2D eigenvalue weighted by molar-refractivity contribution is 7.64. The molecule has 0 fully saturated rings. The number of fused-ring (bicyclic) bond motifs is 1. The summed E-state index contributed by atoms with van der Waals surface area (Å²) in [5, 5.41) is 0. The van der Waals surface area contributed by atoms with Gasteiger partial charge in [0.1, 0.15) is 5.75 Å². The van der Waals surface area contributed by atoms with Crippen molar-refractivity contribution in [2.24, 2.45) is 0 Å². The molecule has 1 aliphatic rings. The molecule has 0 saturated carbocycles. The van der Waals surface area contributed by atoms with Crippen LogP contribution in [-0.4, -0.2) is 14.6 Å². The van der Waals surface area contributed by atoms with Crippen LogP contribution in [0.4, 0.5) is 0 Å². The lowest BCUT2D eigenvalue weighted by Gasteiger charge is -2.31. The van der Waals surface area contributed by atoms with Crippen molar-refractivity contribution in [1.29, 1.82) is 0 Å². The fourth-order valence-corrected chi connectivity index (χ4v) is 4.62. The third kappa shape index (κ3) is 4.24. The maximum atomic E-state index is 5.90. The van der Waals surface area contributed by atoms with E-state index in [2.05, 4.69) is 12.6 Å². The summed E-state index contributed by atoms with van der Waals surface area (Å²) < 4.78 is 11.7. The second-order valence-electron chi connectivity index (χ2n) is 4.67. The van der Waals surface area contributed by atoms with E-state index in [1.165, 1.54) is 0 Å². The lowest BCUT2D eigenvalue weighted by Crippen LogP contribution is -2.42. The van der Waals surface area contributed by atoms with Crippen LogP contribution in [-0.2, 0) is 17.5 Å². The fourth-order valence-electron chi connectivity index (χ4n) is 1.86. The van der Waals surface area contributed by atoms with Gasteiger partial charge in [-0.2, -0.15) is 0 Å². The Morgan fingerprint density at radius 2 is 2.16 bits per heavy atom. The van der Waals surface area contributed by atoms with Crippen LogP contribution >= 0.6 is 33.2 Å². The Kier molecular flexibility index (Phi) is 4.70. The molecule has 0 N–H and O–H groups in total. The minimum absolute atomic E-state index is 0.559. The first-order valence-corrected chi connectivity index (χ1v) is 13.6. The van der Waals surface area contributed by atoms with Gasteiger partial charge in [-0.3, -0.25) is 0 Å². The van der Waals surface area contributed by atoms with Crippen LogP contribution < -0.4 is 4.43 Å². The van der Waals surface area contributed by atoms with Crippen molar-refractivity contribution in [2.75, 3.05) is 0 Å². The molecule has 1 aromatic carbocycles. The third-order valence-electron chi connectivity index (χ3n) is 3.02. The van der Waals surface area contributed by atoms with Gasteiger partial charge in [-0.05, 0) is 42.4 Å². The number of hydrogen-bond acceptors (Lipinski definition) is 2. The molecule has 1 unspecified atom stereocenters. The molecule has 0 spiro atoms. The van der Waals surface area contributed by atoms with E-state index < -0.39 is 14.6 Å². The van der Waals surface area contributed by atoms with E-state index in [-0.39, 0.29) is 0 Å². The SMILES string of the molecule is C=C[Si]1(C)OCc2cc(CC[Si](Cl)(Cl)Cl)ccc2O1. The van der Waals surface area contributed by atoms with Crippen molar-refractivity contribution in [3.63, 3.8) is 0 Å². The van der Waals surface area contributed by atoms with Crippen LogP contribution in [0.25, 0.3) is 0 Å². The van der Waals surface area contributed by atoms with E-state index >= 15 is 0 Å². The second kappa shape index (κ2) is 5.79. The normalized spacial score (nSPS) is 22.5. The van der Waals surface area contributed by atoms with Gasteiger partial charge in [0, 0.05) is 5.56 Å². The monoisotopic (exact) mass is 352 g/mol. The summed E-state index contributed by atoms with van der Waals surface area (Å²) in [5.74, 6) is 0.884. The highest BCUT2D eigenvalue weighted by atomic mass is 35.8. The molecule has 1 aromatic rings. The minimum Gasteiger partial charge on any atom is -0.517 e. The zero-order valence-corrected chi connectivity index (χ0v) is 14.9. The Bertz CT molecular complexity index is 490. The molecule has 0 radical (unpaired) electrons. The standard InChI is InChI=1S/C12H15Cl3O2Si2/c1-3-18(2)16-9-11-8-10(4-5-12(11)17-18)6-7-19(13,14)15/h3-5,8H,1,6-7,9H2,2H3. The van der Waals surface area contributed by atoms with Crippen molar-refractivity contribution in [3.8, 4) is 5.75 Å². The smallest absolute Gasteiger partial charge is 0.422 e. The molecule has 0 aliphatic carbocycles. The molecule has 0 aromatic heterocycles. The van der Waals surface area contributed by atoms with Crippen molar-refractivity contribution >= 4 is 47.8 Å². The molecule has 1 heterocycles. The maximum Gasteiger partial charge on any atom is 0.422 e. The van der Waals surface area contributed by atoms with Crippen molar-refractivity contribution in [3.05, 3.63) is 41.6 Å². The molecule has 104 valence electrons. The van der Waals surface area contributed by atoms with Crippen LogP contribution in [0.3, 0.4) is 0 Å². The molecule has 0 bridgehead atoms. The first-order chi connectivity index (χ1) is 8.81. The second-order valence-corrected chi connectivity index (χ2v) is 16.9. The van der Waals surface area contributed by atoms with E-state index in [0.717, 1.165) is 23.3 Å². The lowest BCUT2D eigenvalue weighted by atomic mass is 10.1. The first kappa shape index (κ1) is 15.4. The molecular weight excluding hydrogens is 339 g/mol. The van der Waals surface area contributed by atoms with Crippen LogP contribution in [0.15, 0.2) is 30.5 Å². The molecule has 0 saturated heterocycles. The summed E-state index contributed by atoms with van der Waals surface area (Å²) >= 11 is 17.7. The highest BCUT2D eigenvalue weighted by Gasteiger charge is 2.34. The Morgan fingerprint density at radius 3 is 2.79 bits per heavy atom. The van der Waals surface area contributed by atoms with Gasteiger partial charge in [-0.15, -0.1) is 39.8 Å². The summed E-state index contributed by atoms with van der Waals surface area (Å²) in [6, 6.07) is 4.13. The van der Waals surface area contributed by atoms with Gasteiger partial charge in [0.05, 0.1) is 6.61 Å². The fraction of sp³-hybridized carbons (Fsp3) is 0.333. The number of aryl methyl sites for hydroxylation is 1. The van der Waals surface area contributed by atoms with E-state index in [4.69, 9.17) is 42.1 Å². The molecular formula is C12H15Cl3O2Si2. The summed E-state index contributed by atoms with van der Waals surface area (Å²) in [6.45, 7) is 6.31. The largest absolute Gasteiger partial charge is 0.517 e. The molecule has 19 heavy (non-hydrogen) atoms. The van der Waals surface area contributed by atoms with Gasteiger partial charge in [0.2, 0.25) is 0 Å². The zero-order chi connectivity index (χ0) is 14.1. The van der Waals surface area contributed by atoms with Gasteiger partial charge in [0.25, 0.3) is 0 Å². The molecule has 2 nitrogen and oxygen atoms in total. The molecule has 7 heteroatoms. The minimum atomic E-state index is -2.56. The quantitative estimate of drug-likeness (QED) is 0.582. The molecule has 1 atom stereocenters. The zero-order valence-electron chi connectivity index (χ0n) is 10.6. The maximum absolute atomic E-state index is 5.90. The van der Waals surface area contributed by atoms with Gasteiger partial charge in [0.15, 0.2) is 0 Å². The van der Waals surface area contributed by atoms with Gasteiger partial charge < -0.3 is 8.85 Å². The van der Waals surface area contributed by atoms with Crippen LogP contribution in [0, 0.1) is 0 Å². The topological polar surface area (TPSA) is 18.5 Å². The van der Waals surface area contributed by atoms with E-state index in [9.17, 15) is 0 Å². The van der Waals surface area contributed by atoms with E-state index in [1.807, 2.05) is 18.7 Å². The third-order valence-corrected chi connectivity index (χ3v) is 7.62. The summed E-state index contributed by atoms with van der Waals surface area (Å²) in [4.78, 5) is 0. The van der Waals surface area contributed by atoms with E-state index in [0.29, 0.717) is 12.7 Å². The first-order valence-electron chi connectivity index (χ1n) is 5.96. The Morgan fingerprint density at radius 1 is 1.42 bits per heavy atom. The van der Waals surface area contributed by atoms with Gasteiger partial charge in [-0.1, -0.05) is 6.07 Å². The van der Waals surface area contributed by atoms with Gasteiger partial charge in [-0.25, -0.2) is 0 Å². The van der Waals surface area contributed by atoms with Crippen LogP contribution in [0.5, 0.6) is 5.75 Å². The van der Waals surface area contributed by atoms with Crippen molar-refractivity contribution < 1.29 is 8.85 Å². The van der Waals surface area contributed by atoms with Crippen molar-refractivity contribution in [2.45, 2.75) is 25.6 Å². The highest BCUT2D eigenvalue weighted by Crippen LogP contribution is 2.32. The predicted molar refractivity (Wildman–Crippen MR) is 85.5 cm³/mol. The predicted octanol–water partition coefficient (Wildman–Crippen LogP) is 4.59. The molecule has 0 amide bonds. The van der Waals surface area contributed by atoms with Crippen LogP contribution in [0.1, 0.15) is 11.1 Å². The molecule has 1 aliphatic heterocycles. The Labute approximate surface area is 129 Å². The summed E-state index contributed by atoms with van der Waals surface area (Å²) in [5.41, 5.74) is 3.99. The lowest BCUT2D eigenvalue weighted by molar-refractivity contribution is 0.216. The van der Waals surface area contributed by atoms with Crippen LogP contribution in [0.2, 0.25) is 12.6 Å². The number of hydrogen-bond donors (Lipinski definition) is 0. The summed E-state index contributed by atoms with van der Waals surface area (Å²) in [7, 11) is -2.22. The Hall–Kier alpha value is 0.0238. The van der Waals surface area contributed by atoms with Gasteiger partial charge >= 0.3 is 14.6 Å². The number of benzene rings is 1. The number of halogens is 3. The molecule has 2 rings (SSSR count). The van der Waals surface area contributed by atoms with Crippen molar-refractivity contribution in [1.82, 2.24) is 0 Å².